The third kappa shape index (κ3) is 5.78. The highest BCUT2D eigenvalue weighted by Crippen LogP contribution is 2.17. The predicted molar refractivity (Wildman–Crippen MR) is 64.5 cm³/mol. The first kappa shape index (κ1) is 16.1. The Bertz CT molecular complexity index is 451. The molecule has 0 saturated heterocycles. The Labute approximate surface area is 101 Å². The number of benzene rings is 1. The van der Waals surface area contributed by atoms with Crippen molar-refractivity contribution in [3.63, 3.8) is 0 Å². The summed E-state index contributed by atoms with van der Waals surface area (Å²) < 4.78 is 30.3. The molecule has 0 bridgehead atoms. The van der Waals surface area contributed by atoms with Crippen LogP contribution < -0.4 is 0 Å². The molecule has 0 aromatic heterocycles. The lowest BCUT2D eigenvalue weighted by Gasteiger charge is -2.03. The van der Waals surface area contributed by atoms with Gasteiger partial charge in [0.05, 0.1) is 17.6 Å². The fourth-order valence-corrected chi connectivity index (χ4v) is 1.80. The van der Waals surface area contributed by atoms with Gasteiger partial charge in [0, 0.05) is 0 Å². The molecule has 1 unspecified atom stereocenters. The number of aliphatic hydroxyl groups excluding tert-OH is 2. The molecule has 0 saturated carbocycles. The van der Waals surface area contributed by atoms with E-state index < -0.39 is 16.2 Å². The van der Waals surface area contributed by atoms with E-state index in [1.807, 2.05) is 0 Å². The first-order chi connectivity index (χ1) is 7.70. The van der Waals surface area contributed by atoms with Crippen molar-refractivity contribution in [2.45, 2.75) is 31.8 Å². The highest BCUT2D eigenvalue weighted by Gasteiger charge is 2.12. The molecule has 1 rings (SSSR count). The zero-order valence-corrected chi connectivity index (χ0v) is 10.9. The Kier molecular flexibility index (Phi) is 6.33. The van der Waals surface area contributed by atoms with Crippen LogP contribution in [0.2, 0.25) is 0 Å². The van der Waals surface area contributed by atoms with Crippen LogP contribution >= 0.6 is 0 Å². The minimum atomic E-state index is -4.06. The van der Waals surface area contributed by atoms with E-state index in [0.717, 1.165) is 5.56 Å². The van der Waals surface area contributed by atoms with E-state index in [4.69, 9.17) is 14.8 Å². The molecule has 0 aliphatic heterocycles. The van der Waals surface area contributed by atoms with Gasteiger partial charge in [0.25, 0.3) is 10.1 Å². The first-order valence-corrected chi connectivity index (χ1v) is 6.46. The van der Waals surface area contributed by atoms with E-state index in [-0.39, 0.29) is 11.5 Å². The van der Waals surface area contributed by atoms with Crippen LogP contribution in [0, 0.1) is 13.8 Å². The Balaban J connectivity index is 0.000000437. The SMILES string of the molecule is CC(O)CO.Cc1cccc(S(=O)(=O)O)c1C. The van der Waals surface area contributed by atoms with Crippen molar-refractivity contribution in [2.75, 3.05) is 6.61 Å². The van der Waals surface area contributed by atoms with Crippen LogP contribution in [0.3, 0.4) is 0 Å². The van der Waals surface area contributed by atoms with Crippen LogP contribution in [0.25, 0.3) is 0 Å². The lowest BCUT2D eigenvalue weighted by molar-refractivity contribution is 0.110. The molecule has 1 aromatic rings. The number of aliphatic hydroxyl groups is 2. The third-order valence-corrected chi connectivity index (χ3v) is 3.10. The van der Waals surface area contributed by atoms with E-state index >= 15 is 0 Å². The van der Waals surface area contributed by atoms with Crippen LogP contribution in [0.1, 0.15) is 18.1 Å². The summed E-state index contributed by atoms with van der Waals surface area (Å²) in [5.41, 5.74) is 1.45. The molecule has 17 heavy (non-hydrogen) atoms. The number of aryl methyl sites for hydroxylation is 1. The van der Waals surface area contributed by atoms with Crippen LogP contribution in [0.5, 0.6) is 0 Å². The summed E-state index contributed by atoms with van der Waals surface area (Å²) in [5, 5.41) is 16.0. The van der Waals surface area contributed by atoms with Gasteiger partial charge in [0.2, 0.25) is 0 Å². The van der Waals surface area contributed by atoms with Crippen molar-refractivity contribution in [3.8, 4) is 0 Å². The molecule has 0 aliphatic carbocycles. The molecular formula is C11H18O5S. The maximum Gasteiger partial charge on any atom is 0.294 e. The molecule has 3 N–H and O–H groups in total. The van der Waals surface area contributed by atoms with Gasteiger partial charge in [-0.25, -0.2) is 0 Å². The normalized spacial score (nSPS) is 12.6. The molecule has 0 heterocycles. The maximum atomic E-state index is 10.8. The number of hydrogen-bond donors (Lipinski definition) is 3. The van der Waals surface area contributed by atoms with Gasteiger partial charge in [-0.05, 0) is 38.0 Å². The van der Waals surface area contributed by atoms with Crippen molar-refractivity contribution < 1.29 is 23.2 Å². The quantitative estimate of drug-likeness (QED) is 0.689. The summed E-state index contributed by atoms with van der Waals surface area (Å²) in [6.07, 6.45) is -0.560. The number of hydrogen-bond acceptors (Lipinski definition) is 4. The smallest absolute Gasteiger partial charge is 0.294 e. The van der Waals surface area contributed by atoms with Crippen molar-refractivity contribution in [1.82, 2.24) is 0 Å². The minimum Gasteiger partial charge on any atom is -0.394 e. The summed E-state index contributed by atoms with van der Waals surface area (Å²) in [6, 6.07) is 4.78. The van der Waals surface area contributed by atoms with E-state index in [9.17, 15) is 8.42 Å². The molecule has 0 fully saturated rings. The third-order valence-electron chi connectivity index (χ3n) is 2.10. The summed E-state index contributed by atoms with van der Waals surface area (Å²) in [4.78, 5) is -0.0116. The fraction of sp³-hybridized carbons (Fsp3) is 0.455. The zero-order valence-electron chi connectivity index (χ0n) is 10.1. The Morgan fingerprint density at radius 3 is 2.06 bits per heavy atom. The standard InChI is InChI=1S/C8H10O3S.C3H8O2/c1-6-4-3-5-8(7(6)2)12(9,10)11;1-3(5)2-4/h3-5H,1-2H3,(H,9,10,11);3-5H,2H2,1H3. The summed E-state index contributed by atoms with van der Waals surface area (Å²) in [7, 11) is -4.06. The largest absolute Gasteiger partial charge is 0.394 e. The molecule has 1 aromatic carbocycles. The van der Waals surface area contributed by atoms with Gasteiger partial charge < -0.3 is 10.2 Å². The van der Waals surface area contributed by atoms with Crippen LogP contribution in [0.4, 0.5) is 0 Å². The maximum absolute atomic E-state index is 10.8. The van der Waals surface area contributed by atoms with E-state index in [2.05, 4.69) is 0 Å². The van der Waals surface area contributed by atoms with Crippen molar-refractivity contribution in [3.05, 3.63) is 29.3 Å². The van der Waals surface area contributed by atoms with Gasteiger partial charge in [0.1, 0.15) is 0 Å². The molecule has 0 amide bonds. The molecule has 6 heteroatoms. The molecule has 5 nitrogen and oxygen atoms in total. The van der Waals surface area contributed by atoms with Crippen LogP contribution in [-0.4, -0.2) is 35.9 Å². The van der Waals surface area contributed by atoms with Crippen molar-refractivity contribution in [1.29, 1.82) is 0 Å². The topological polar surface area (TPSA) is 94.8 Å². The lowest BCUT2D eigenvalue weighted by atomic mass is 10.1. The predicted octanol–water partition coefficient (Wildman–Crippen LogP) is 0.910. The zero-order chi connectivity index (χ0) is 13.6. The first-order valence-electron chi connectivity index (χ1n) is 5.02. The minimum absolute atomic E-state index is 0.0116. The van der Waals surface area contributed by atoms with Crippen molar-refractivity contribution in [2.24, 2.45) is 0 Å². The molecule has 98 valence electrons. The molecule has 0 aliphatic rings. The highest BCUT2D eigenvalue weighted by atomic mass is 32.2. The molecule has 0 spiro atoms. The van der Waals surface area contributed by atoms with Gasteiger partial charge in [-0.1, -0.05) is 12.1 Å². The lowest BCUT2D eigenvalue weighted by Crippen LogP contribution is -2.03. The Hall–Kier alpha value is -0.950. The molecule has 1 atom stereocenters. The Morgan fingerprint density at radius 2 is 1.76 bits per heavy atom. The highest BCUT2D eigenvalue weighted by molar-refractivity contribution is 7.85. The summed E-state index contributed by atoms with van der Waals surface area (Å²) in [6.45, 7) is 4.85. The average Bonchev–Trinajstić information content (AvgIpc) is 2.21. The second-order valence-electron chi connectivity index (χ2n) is 3.70. The fourth-order valence-electron chi connectivity index (χ4n) is 1.00. The Morgan fingerprint density at radius 1 is 1.29 bits per heavy atom. The van der Waals surface area contributed by atoms with Crippen molar-refractivity contribution >= 4 is 10.1 Å². The molecule has 0 radical (unpaired) electrons. The summed E-state index contributed by atoms with van der Waals surface area (Å²) in [5.74, 6) is 0. The average molecular weight is 262 g/mol. The van der Waals surface area contributed by atoms with E-state index in [1.54, 1.807) is 26.0 Å². The van der Waals surface area contributed by atoms with E-state index in [0.29, 0.717) is 5.56 Å². The van der Waals surface area contributed by atoms with Crippen LogP contribution in [0.15, 0.2) is 23.1 Å². The monoisotopic (exact) mass is 262 g/mol. The second-order valence-corrected chi connectivity index (χ2v) is 5.09. The van der Waals surface area contributed by atoms with Gasteiger partial charge in [-0.2, -0.15) is 8.42 Å². The van der Waals surface area contributed by atoms with E-state index in [1.165, 1.54) is 13.0 Å². The second kappa shape index (κ2) is 6.70. The summed E-state index contributed by atoms with van der Waals surface area (Å²) >= 11 is 0. The van der Waals surface area contributed by atoms with Gasteiger partial charge >= 0.3 is 0 Å². The van der Waals surface area contributed by atoms with Gasteiger partial charge in [-0.3, -0.25) is 4.55 Å². The molecular weight excluding hydrogens is 244 g/mol. The number of rotatable bonds is 2. The van der Waals surface area contributed by atoms with Crippen LogP contribution in [-0.2, 0) is 10.1 Å². The van der Waals surface area contributed by atoms with Gasteiger partial charge in [-0.15, -0.1) is 0 Å². The van der Waals surface area contributed by atoms with Gasteiger partial charge in [0.15, 0.2) is 0 Å².